The van der Waals surface area contributed by atoms with Gasteiger partial charge < -0.3 is 0 Å². The van der Waals surface area contributed by atoms with Crippen LogP contribution in [0.3, 0.4) is 0 Å². The van der Waals surface area contributed by atoms with Gasteiger partial charge in [0, 0.05) is 0 Å². The number of hydrogen-bond acceptors (Lipinski definition) is 1. The Labute approximate surface area is 125 Å². The molecule has 1 nitrogen and oxygen atoms in total. The van der Waals surface area contributed by atoms with Gasteiger partial charge >= 0.3 is 125 Å². The van der Waals surface area contributed by atoms with Crippen LogP contribution in [-0.2, 0) is 4.74 Å². The summed E-state index contributed by atoms with van der Waals surface area (Å²) < 4.78 is 12.4. The van der Waals surface area contributed by atoms with Gasteiger partial charge in [0.2, 0.25) is 0 Å². The summed E-state index contributed by atoms with van der Waals surface area (Å²) in [5, 5.41) is 0. The van der Waals surface area contributed by atoms with Crippen LogP contribution in [0.2, 0.25) is 13.3 Å². The number of rotatable bonds is 10. The summed E-state index contributed by atoms with van der Waals surface area (Å²) in [6.07, 6.45) is 13.4. The van der Waals surface area contributed by atoms with E-state index in [-0.39, 0.29) is 0 Å². The first-order chi connectivity index (χ1) is 9.29. The molecule has 0 spiro atoms. The number of allylic oxidation sites excluding steroid dienone is 1. The molecule has 1 aliphatic heterocycles. The SMILES string of the molecule is CCC[CH2][Sn]([CH2]CCC)([CH2]CCC)[C]1=CCCCO1. The minimum absolute atomic E-state index is 0.995. The first kappa shape index (κ1) is 17.4. The maximum atomic E-state index is 6.19. The van der Waals surface area contributed by atoms with Gasteiger partial charge in [-0.25, -0.2) is 0 Å². The zero-order valence-electron chi connectivity index (χ0n) is 13.5. The van der Waals surface area contributed by atoms with Gasteiger partial charge in [-0.15, -0.1) is 0 Å². The van der Waals surface area contributed by atoms with Crippen molar-refractivity contribution in [3.63, 3.8) is 0 Å². The van der Waals surface area contributed by atoms with E-state index < -0.39 is 18.4 Å². The van der Waals surface area contributed by atoms with Crippen molar-refractivity contribution in [3.8, 4) is 0 Å². The first-order valence-corrected chi connectivity index (χ1v) is 16.1. The Morgan fingerprint density at radius 1 is 0.947 bits per heavy atom. The molecule has 0 aliphatic carbocycles. The fourth-order valence-electron chi connectivity index (χ4n) is 3.22. The monoisotopic (exact) mass is 374 g/mol. The molecule has 2 heteroatoms. The van der Waals surface area contributed by atoms with Crippen molar-refractivity contribution in [1.82, 2.24) is 0 Å². The van der Waals surface area contributed by atoms with Crippen LogP contribution < -0.4 is 0 Å². The summed E-state index contributed by atoms with van der Waals surface area (Å²) >= 11 is -2.18. The zero-order valence-corrected chi connectivity index (χ0v) is 16.3. The summed E-state index contributed by atoms with van der Waals surface area (Å²) in [6, 6.07) is 0. The molecule has 1 rings (SSSR count). The molecule has 0 radical (unpaired) electrons. The van der Waals surface area contributed by atoms with Crippen molar-refractivity contribution in [2.45, 2.75) is 85.4 Å². The number of ether oxygens (including phenoxy) is 1. The van der Waals surface area contributed by atoms with E-state index in [9.17, 15) is 0 Å². The van der Waals surface area contributed by atoms with Crippen molar-refractivity contribution in [3.05, 3.63) is 9.85 Å². The normalized spacial score (nSPS) is 16.1. The van der Waals surface area contributed by atoms with Gasteiger partial charge in [-0.2, -0.15) is 0 Å². The summed E-state index contributed by atoms with van der Waals surface area (Å²) in [5.74, 6) is 0. The predicted octanol–water partition coefficient (Wildman–Crippen LogP) is 6.07. The van der Waals surface area contributed by atoms with E-state index in [1.54, 1.807) is 3.78 Å². The molecule has 0 saturated heterocycles. The molecule has 0 unspecified atom stereocenters. The average molecular weight is 373 g/mol. The molecule has 0 atom stereocenters. The van der Waals surface area contributed by atoms with Crippen LogP contribution in [-0.4, -0.2) is 25.0 Å². The van der Waals surface area contributed by atoms with Gasteiger partial charge in [-0.3, -0.25) is 0 Å². The Morgan fingerprint density at radius 3 is 1.84 bits per heavy atom. The van der Waals surface area contributed by atoms with Crippen molar-refractivity contribution < 1.29 is 4.74 Å². The van der Waals surface area contributed by atoms with Gasteiger partial charge in [0.05, 0.1) is 0 Å². The fraction of sp³-hybridized carbons (Fsp3) is 0.882. The molecule has 112 valence electrons. The minimum atomic E-state index is -2.18. The van der Waals surface area contributed by atoms with E-state index in [0.29, 0.717) is 0 Å². The van der Waals surface area contributed by atoms with Crippen LogP contribution in [0.25, 0.3) is 0 Å². The van der Waals surface area contributed by atoms with E-state index in [2.05, 4.69) is 26.8 Å². The van der Waals surface area contributed by atoms with Crippen LogP contribution in [0.5, 0.6) is 0 Å². The molecule has 19 heavy (non-hydrogen) atoms. The molecule has 0 saturated carbocycles. The Balaban J connectivity index is 2.82. The second kappa shape index (κ2) is 10.1. The van der Waals surface area contributed by atoms with Crippen molar-refractivity contribution in [2.24, 2.45) is 0 Å². The standard InChI is InChI=1S/C5H7O.3C4H9.Sn/c1-2-4-6-5-3-1;3*1-3-4-2;/h2H,1,3,5H2;3*1,3-4H2,2H3;. The fourth-order valence-corrected chi connectivity index (χ4v) is 19.1. The molecule has 1 heterocycles. The van der Waals surface area contributed by atoms with E-state index >= 15 is 0 Å². The summed E-state index contributed by atoms with van der Waals surface area (Å²) in [5.41, 5.74) is 0. The zero-order chi connectivity index (χ0) is 14.0. The molecule has 0 aromatic carbocycles. The van der Waals surface area contributed by atoms with E-state index in [1.165, 1.54) is 64.7 Å². The third-order valence-electron chi connectivity index (χ3n) is 4.49. The molecule has 0 aromatic rings. The maximum absolute atomic E-state index is 6.19. The molecular weight excluding hydrogens is 339 g/mol. The van der Waals surface area contributed by atoms with Gasteiger partial charge in [-0.05, 0) is 0 Å². The Bertz CT molecular complexity index is 238. The van der Waals surface area contributed by atoms with Crippen LogP contribution in [0.1, 0.15) is 72.1 Å². The molecular formula is C17H34OSn. The predicted molar refractivity (Wildman–Crippen MR) is 88.2 cm³/mol. The number of hydrogen-bond donors (Lipinski definition) is 0. The van der Waals surface area contributed by atoms with Gasteiger partial charge in [0.1, 0.15) is 0 Å². The quantitative estimate of drug-likeness (QED) is 0.423. The van der Waals surface area contributed by atoms with E-state index in [0.717, 1.165) is 6.61 Å². The first-order valence-electron chi connectivity index (χ1n) is 8.62. The van der Waals surface area contributed by atoms with Crippen molar-refractivity contribution in [1.29, 1.82) is 0 Å². The van der Waals surface area contributed by atoms with Crippen molar-refractivity contribution >= 4 is 18.4 Å². The molecule has 0 amide bonds. The average Bonchev–Trinajstić information content (AvgIpc) is 2.48. The molecule has 0 bridgehead atoms. The van der Waals surface area contributed by atoms with Gasteiger partial charge in [0.25, 0.3) is 0 Å². The van der Waals surface area contributed by atoms with Crippen LogP contribution in [0.15, 0.2) is 9.85 Å². The Hall–Kier alpha value is 0.339. The summed E-state index contributed by atoms with van der Waals surface area (Å²) in [7, 11) is 0. The second-order valence-corrected chi connectivity index (χ2v) is 19.1. The second-order valence-electron chi connectivity index (χ2n) is 6.15. The molecule has 0 fully saturated rings. The van der Waals surface area contributed by atoms with Crippen LogP contribution >= 0.6 is 0 Å². The topological polar surface area (TPSA) is 9.23 Å². The Kier molecular flexibility index (Phi) is 9.26. The molecule has 1 aliphatic rings. The third-order valence-corrected chi connectivity index (χ3v) is 19.7. The molecule has 0 aromatic heterocycles. The van der Waals surface area contributed by atoms with Gasteiger partial charge in [0.15, 0.2) is 0 Å². The number of unbranched alkanes of at least 4 members (excludes halogenated alkanes) is 3. The van der Waals surface area contributed by atoms with E-state index in [1.807, 2.05) is 0 Å². The van der Waals surface area contributed by atoms with Crippen LogP contribution in [0, 0.1) is 0 Å². The van der Waals surface area contributed by atoms with E-state index in [4.69, 9.17) is 4.74 Å². The Morgan fingerprint density at radius 2 is 1.47 bits per heavy atom. The molecule has 0 N–H and O–H groups in total. The third kappa shape index (κ3) is 5.69. The summed E-state index contributed by atoms with van der Waals surface area (Å²) in [4.78, 5) is 0. The van der Waals surface area contributed by atoms with Gasteiger partial charge in [-0.1, -0.05) is 0 Å². The summed E-state index contributed by atoms with van der Waals surface area (Å²) in [6.45, 7) is 8.01. The van der Waals surface area contributed by atoms with Crippen molar-refractivity contribution in [2.75, 3.05) is 6.61 Å². The van der Waals surface area contributed by atoms with Crippen LogP contribution in [0.4, 0.5) is 0 Å².